The molecule has 0 aromatic heterocycles. The van der Waals surface area contributed by atoms with E-state index in [0.29, 0.717) is 62.4 Å². The monoisotopic (exact) mass is 859 g/mol. The standard InChI is InChI=1S/C53H94O6S/c1-5-7-39-60-40-34-52(55)59-37-35-56-46-31-32-49(47(42-46)43-26-22-18-14-10-8-11-15-19-23-27-43)53(3,4)45-30-33-50(57-36-38-58-51(54)6-2)48(41-45)44-28-24-20-16-12-9-13-17-21-25-29-44/h6,43-50H,2,5,7-42H2,1,3-4H3. The maximum Gasteiger partial charge on any atom is 0.330 e. The van der Waals surface area contributed by atoms with Crippen LogP contribution in [0, 0.1) is 40.9 Å². The van der Waals surface area contributed by atoms with Crippen molar-refractivity contribution in [1.29, 1.82) is 0 Å². The maximum absolute atomic E-state index is 12.5. The number of hydrogen-bond donors (Lipinski definition) is 0. The highest BCUT2D eigenvalue weighted by atomic mass is 32.2. The highest BCUT2D eigenvalue weighted by Crippen LogP contribution is 2.56. The van der Waals surface area contributed by atoms with E-state index in [1.807, 2.05) is 11.8 Å². The van der Waals surface area contributed by atoms with Crippen LogP contribution >= 0.6 is 11.8 Å². The van der Waals surface area contributed by atoms with E-state index >= 15 is 0 Å². The summed E-state index contributed by atoms with van der Waals surface area (Å²) in [6.07, 6.45) is 42.3. The van der Waals surface area contributed by atoms with Crippen LogP contribution in [0.1, 0.15) is 220 Å². The summed E-state index contributed by atoms with van der Waals surface area (Å²) in [5, 5.41) is 0. The Balaban J connectivity index is 1.48. The van der Waals surface area contributed by atoms with Crippen molar-refractivity contribution in [3.63, 3.8) is 0 Å². The van der Waals surface area contributed by atoms with E-state index < -0.39 is 0 Å². The van der Waals surface area contributed by atoms with Gasteiger partial charge in [-0.1, -0.05) is 175 Å². The number of unbranched alkanes of at least 4 members (excludes halogenated alkanes) is 1. The van der Waals surface area contributed by atoms with E-state index in [1.54, 1.807) is 0 Å². The van der Waals surface area contributed by atoms with Crippen molar-refractivity contribution in [3.8, 4) is 0 Å². The molecule has 4 aliphatic carbocycles. The van der Waals surface area contributed by atoms with Crippen molar-refractivity contribution >= 4 is 23.7 Å². The average molecular weight is 859 g/mol. The second-order valence-electron chi connectivity index (χ2n) is 20.3. The predicted molar refractivity (Wildman–Crippen MR) is 252 cm³/mol. The molecule has 6 atom stereocenters. The van der Waals surface area contributed by atoms with Gasteiger partial charge in [0.1, 0.15) is 13.2 Å². The lowest BCUT2D eigenvalue weighted by molar-refractivity contribution is -0.146. The number of esters is 2. The third-order valence-corrected chi connectivity index (χ3v) is 16.9. The van der Waals surface area contributed by atoms with Gasteiger partial charge >= 0.3 is 11.9 Å². The molecule has 0 saturated heterocycles. The van der Waals surface area contributed by atoms with E-state index in [9.17, 15) is 9.59 Å². The van der Waals surface area contributed by atoms with Gasteiger partial charge in [-0.3, -0.25) is 4.79 Å². The largest absolute Gasteiger partial charge is 0.463 e. The number of rotatable bonds is 19. The first-order valence-corrected chi connectivity index (χ1v) is 27.2. The van der Waals surface area contributed by atoms with Crippen LogP contribution in [0.15, 0.2) is 12.7 Å². The fourth-order valence-corrected chi connectivity index (χ4v) is 13.2. The Morgan fingerprint density at radius 1 is 0.600 bits per heavy atom. The molecule has 348 valence electrons. The zero-order valence-corrected chi connectivity index (χ0v) is 40.2. The van der Waals surface area contributed by atoms with Crippen LogP contribution in [0.4, 0.5) is 0 Å². The zero-order valence-electron chi connectivity index (χ0n) is 39.4. The van der Waals surface area contributed by atoms with Gasteiger partial charge in [-0.15, -0.1) is 0 Å². The molecule has 0 heterocycles. The van der Waals surface area contributed by atoms with E-state index in [0.717, 1.165) is 36.7 Å². The lowest BCUT2D eigenvalue weighted by atomic mass is 9.53. The minimum absolute atomic E-state index is 0.0786. The summed E-state index contributed by atoms with van der Waals surface area (Å²) in [5.41, 5.74) is 0.234. The first-order chi connectivity index (χ1) is 29.3. The Labute approximate surface area is 374 Å². The first kappa shape index (κ1) is 51.6. The fraction of sp³-hybridized carbons (Fsp3) is 0.925. The van der Waals surface area contributed by atoms with E-state index in [1.165, 1.54) is 179 Å². The van der Waals surface area contributed by atoms with Crippen LogP contribution in [0.5, 0.6) is 0 Å². The van der Waals surface area contributed by atoms with Crippen LogP contribution in [-0.4, -0.2) is 62.1 Å². The third kappa shape index (κ3) is 19.4. The van der Waals surface area contributed by atoms with Crippen molar-refractivity contribution in [2.24, 2.45) is 40.9 Å². The van der Waals surface area contributed by atoms with Crippen LogP contribution < -0.4 is 0 Å². The van der Waals surface area contributed by atoms with Gasteiger partial charge in [-0.05, 0) is 91.6 Å². The number of carbonyl (C=O) groups is 2. The van der Waals surface area contributed by atoms with Gasteiger partial charge in [-0.25, -0.2) is 4.79 Å². The van der Waals surface area contributed by atoms with E-state index in [-0.39, 0.29) is 29.6 Å². The molecule has 4 saturated carbocycles. The second kappa shape index (κ2) is 30.9. The van der Waals surface area contributed by atoms with E-state index in [2.05, 4.69) is 27.4 Å². The second-order valence-corrected chi connectivity index (χ2v) is 21.6. The Morgan fingerprint density at radius 2 is 1.13 bits per heavy atom. The molecule has 60 heavy (non-hydrogen) atoms. The Kier molecular flexibility index (Phi) is 26.6. The van der Waals surface area contributed by atoms with Gasteiger partial charge in [0.2, 0.25) is 0 Å². The van der Waals surface area contributed by atoms with Gasteiger partial charge in [0.05, 0.1) is 31.8 Å². The topological polar surface area (TPSA) is 71.1 Å². The summed E-state index contributed by atoms with van der Waals surface area (Å²) >= 11 is 1.86. The van der Waals surface area contributed by atoms with Crippen molar-refractivity contribution < 1.29 is 28.5 Å². The molecule has 4 fully saturated rings. The first-order valence-electron chi connectivity index (χ1n) is 26.1. The van der Waals surface area contributed by atoms with E-state index in [4.69, 9.17) is 18.9 Å². The molecule has 0 radical (unpaired) electrons. The van der Waals surface area contributed by atoms with Crippen LogP contribution in [-0.2, 0) is 28.5 Å². The number of hydrogen-bond acceptors (Lipinski definition) is 7. The SMILES string of the molecule is C=CC(=O)OCCOC1CCC(C(C)(C)C2CCC(OCCOC(=O)CCSCCCC)CC2C2CCCCCCCCCCC2)CC1C1CCCCCCCCCCC1. The third-order valence-electron chi connectivity index (χ3n) is 15.8. The number of thioether (sulfide) groups is 1. The van der Waals surface area contributed by atoms with Gasteiger partial charge < -0.3 is 18.9 Å². The van der Waals surface area contributed by atoms with Gasteiger partial charge in [0, 0.05) is 11.8 Å². The quantitative estimate of drug-likeness (QED) is 0.0728. The molecule has 0 spiro atoms. The summed E-state index contributed by atoms with van der Waals surface area (Å²) < 4.78 is 24.5. The smallest absolute Gasteiger partial charge is 0.330 e. The Hall–Kier alpha value is -1.05. The normalized spacial score (nSPS) is 28.2. The predicted octanol–water partition coefficient (Wildman–Crippen LogP) is 14.7. The minimum Gasteiger partial charge on any atom is -0.463 e. The summed E-state index contributed by atoms with van der Waals surface area (Å²) in [7, 11) is 0. The highest BCUT2D eigenvalue weighted by molar-refractivity contribution is 7.99. The summed E-state index contributed by atoms with van der Waals surface area (Å²) in [4.78, 5) is 24.3. The van der Waals surface area contributed by atoms with Crippen molar-refractivity contribution in [2.45, 2.75) is 232 Å². The van der Waals surface area contributed by atoms with Crippen molar-refractivity contribution in [1.82, 2.24) is 0 Å². The molecular formula is C53H94O6S. The van der Waals surface area contributed by atoms with Crippen LogP contribution in [0.3, 0.4) is 0 Å². The number of carbonyl (C=O) groups excluding carboxylic acids is 2. The van der Waals surface area contributed by atoms with Crippen molar-refractivity contribution in [2.75, 3.05) is 37.9 Å². The average Bonchev–Trinajstić information content (AvgIpc) is 3.24. The van der Waals surface area contributed by atoms with Gasteiger partial charge in [0.25, 0.3) is 0 Å². The maximum atomic E-state index is 12.5. The van der Waals surface area contributed by atoms with Gasteiger partial charge in [0.15, 0.2) is 0 Å². The summed E-state index contributed by atoms with van der Waals surface area (Å²) in [6, 6.07) is 0. The fourth-order valence-electron chi connectivity index (χ4n) is 12.2. The molecule has 0 N–H and O–H groups in total. The lowest BCUT2D eigenvalue weighted by Crippen LogP contribution is -2.48. The molecule has 0 aromatic rings. The lowest BCUT2D eigenvalue weighted by Gasteiger charge is -2.53. The van der Waals surface area contributed by atoms with Crippen LogP contribution in [0.25, 0.3) is 0 Å². The minimum atomic E-state index is -0.359. The molecule has 6 unspecified atom stereocenters. The molecule has 0 aliphatic heterocycles. The summed E-state index contributed by atoms with van der Waals surface area (Å²) in [5.74, 6) is 5.64. The molecule has 0 bridgehead atoms. The van der Waals surface area contributed by atoms with Gasteiger partial charge in [-0.2, -0.15) is 11.8 Å². The highest BCUT2D eigenvalue weighted by Gasteiger charge is 2.49. The Morgan fingerprint density at radius 3 is 1.70 bits per heavy atom. The molecule has 0 amide bonds. The molecular weight excluding hydrogens is 765 g/mol. The molecule has 7 heteroatoms. The summed E-state index contributed by atoms with van der Waals surface area (Å²) in [6.45, 7) is 12.8. The number of ether oxygens (including phenoxy) is 4. The molecule has 4 aliphatic rings. The Bertz CT molecular complexity index is 1120. The molecule has 0 aromatic carbocycles. The van der Waals surface area contributed by atoms with Crippen LogP contribution in [0.2, 0.25) is 0 Å². The molecule has 6 nitrogen and oxygen atoms in total. The molecule has 4 rings (SSSR count). The zero-order chi connectivity index (χ0) is 42.7. The van der Waals surface area contributed by atoms with Crippen molar-refractivity contribution in [3.05, 3.63) is 12.7 Å².